The number of aromatic amines is 1. The van der Waals surface area contributed by atoms with Crippen molar-refractivity contribution in [3.8, 4) is 0 Å². The molecule has 5 N–H and O–H groups in total. The molecule has 0 aliphatic carbocycles. The number of H-pyrrole nitrogens is 1. The maximum Gasteiger partial charge on any atom is 0.317 e. The van der Waals surface area contributed by atoms with Crippen LogP contribution in [0, 0.1) is 0 Å². The fraction of sp³-hybridized carbons (Fsp3) is 0.462. The van der Waals surface area contributed by atoms with E-state index in [-0.39, 0.29) is 13.1 Å². The van der Waals surface area contributed by atoms with E-state index < -0.39 is 50.1 Å². The summed E-state index contributed by atoms with van der Waals surface area (Å²) < 4.78 is 0. The predicted octanol–water partition coefficient (Wildman–Crippen LogP) is -1.65. The molecular weight excluding hydrogens is 340 g/mol. The number of nitrogens with zero attached hydrogens (tertiary/aromatic N) is 3. The largest absolute Gasteiger partial charge is 0.480 e. The molecule has 138 valence electrons. The second-order valence-electron chi connectivity index (χ2n) is 5.25. The normalized spacial score (nSPS) is 11.0. The number of carboxylic acids is 4. The van der Waals surface area contributed by atoms with Crippen LogP contribution in [0.5, 0.6) is 0 Å². The molecule has 0 atom stereocenters. The van der Waals surface area contributed by atoms with Crippen molar-refractivity contribution in [2.45, 2.75) is 13.1 Å². The topological polar surface area (TPSA) is 184 Å². The molecule has 1 rings (SSSR count). The molecule has 1 aromatic heterocycles. The summed E-state index contributed by atoms with van der Waals surface area (Å²) >= 11 is 0. The van der Waals surface area contributed by atoms with Gasteiger partial charge in [0.25, 0.3) is 0 Å². The number of nitrogens with one attached hydrogen (secondary N) is 1. The highest BCUT2D eigenvalue weighted by Gasteiger charge is 2.18. The molecule has 12 heteroatoms. The summed E-state index contributed by atoms with van der Waals surface area (Å²) in [5, 5.41) is 41.7. The van der Waals surface area contributed by atoms with Gasteiger partial charge in [0.2, 0.25) is 0 Å². The van der Waals surface area contributed by atoms with E-state index in [0.29, 0.717) is 11.4 Å². The van der Waals surface area contributed by atoms with Crippen molar-refractivity contribution >= 4 is 23.9 Å². The van der Waals surface area contributed by atoms with Crippen molar-refractivity contribution in [1.82, 2.24) is 20.0 Å². The molecule has 25 heavy (non-hydrogen) atoms. The van der Waals surface area contributed by atoms with Crippen LogP contribution in [0.3, 0.4) is 0 Å². The second kappa shape index (κ2) is 9.34. The molecule has 1 heterocycles. The summed E-state index contributed by atoms with van der Waals surface area (Å²) in [6, 6.07) is 1.49. The van der Waals surface area contributed by atoms with E-state index in [0.717, 1.165) is 9.80 Å². The Morgan fingerprint density at radius 2 is 1.20 bits per heavy atom. The number of aromatic nitrogens is 2. The SMILES string of the molecule is O=C(O)CN(CC(=O)O)Cc1cc(CN(CC(=O)O)CC(=O)O)[nH]n1. The highest BCUT2D eigenvalue weighted by molar-refractivity contribution is 5.73. The maximum atomic E-state index is 10.8. The van der Waals surface area contributed by atoms with Gasteiger partial charge in [0.05, 0.1) is 31.9 Å². The van der Waals surface area contributed by atoms with Crippen LogP contribution in [0.25, 0.3) is 0 Å². The van der Waals surface area contributed by atoms with E-state index in [1.165, 1.54) is 6.07 Å². The van der Waals surface area contributed by atoms with Crippen molar-refractivity contribution in [2.24, 2.45) is 0 Å². The van der Waals surface area contributed by atoms with E-state index in [1.807, 2.05) is 0 Å². The molecule has 0 unspecified atom stereocenters. The molecule has 0 aliphatic rings. The minimum Gasteiger partial charge on any atom is -0.480 e. The van der Waals surface area contributed by atoms with Crippen molar-refractivity contribution in [1.29, 1.82) is 0 Å². The molecule has 0 saturated heterocycles. The van der Waals surface area contributed by atoms with E-state index >= 15 is 0 Å². The highest BCUT2D eigenvalue weighted by atomic mass is 16.4. The third-order valence-electron chi connectivity index (χ3n) is 2.90. The van der Waals surface area contributed by atoms with E-state index in [9.17, 15) is 19.2 Å². The molecule has 0 spiro atoms. The van der Waals surface area contributed by atoms with Gasteiger partial charge in [-0.2, -0.15) is 5.10 Å². The fourth-order valence-corrected chi connectivity index (χ4v) is 2.14. The number of carboxylic acid groups (broad SMARTS) is 4. The Morgan fingerprint density at radius 1 is 0.800 bits per heavy atom. The lowest BCUT2D eigenvalue weighted by atomic mass is 10.3. The molecule has 0 aromatic carbocycles. The summed E-state index contributed by atoms with van der Waals surface area (Å²) in [6.07, 6.45) is 0. The van der Waals surface area contributed by atoms with Crippen LogP contribution >= 0.6 is 0 Å². The third-order valence-corrected chi connectivity index (χ3v) is 2.90. The van der Waals surface area contributed by atoms with Crippen molar-refractivity contribution in [3.05, 3.63) is 17.5 Å². The van der Waals surface area contributed by atoms with Gasteiger partial charge in [-0.05, 0) is 6.07 Å². The smallest absolute Gasteiger partial charge is 0.317 e. The number of hydrogen-bond acceptors (Lipinski definition) is 7. The monoisotopic (exact) mass is 358 g/mol. The summed E-state index contributed by atoms with van der Waals surface area (Å²) in [5.74, 6) is -4.75. The van der Waals surface area contributed by atoms with E-state index in [1.54, 1.807) is 0 Å². The molecule has 0 radical (unpaired) electrons. The zero-order valence-corrected chi connectivity index (χ0v) is 13.1. The van der Waals surface area contributed by atoms with Crippen LogP contribution in [-0.4, -0.2) is 90.5 Å². The minimum absolute atomic E-state index is 0.0243. The van der Waals surface area contributed by atoms with Gasteiger partial charge >= 0.3 is 23.9 Å². The quantitative estimate of drug-likeness (QED) is 0.288. The van der Waals surface area contributed by atoms with Crippen molar-refractivity contribution in [3.63, 3.8) is 0 Å². The Balaban J connectivity index is 2.74. The zero-order chi connectivity index (χ0) is 19.0. The van der Waals surface area contributed by atoms with Gasteiger partial charge in [0, 0.05) is 18.8 Å². The standard InChI is InChI=1S/C13H18N4O8/c18-10(19)4-16(5-11(20)21)2-8-1-9(15-14-8)3-17(6-12(22)23)7-13(24)25/h1H,2-7H2,(H,14,15)(H,18,19)(H,20,21)(H,22,23)(H,24,25). The van der Waals surface area contributed by atoms with Gasteiger partial charge in [-0.3, -0.25) is 34.1 Å². The summed E-state index contributed by atoms with van der Waals surface area (Å²) in [7, 11) is 0. The first-order valence-electron chi connectivity index (χ1n) is 7.00. The van der Waals surface area contributed by atoms with Gasteiger partial charge in [-0.25, -0.2) is 0 Å². The van der Waals surface area contributed by atoms with Crippen molar-refractivity contribution in [2.75, 3.05) is 26.2 Å². The molecule has 12 nitrogen and oxygen atoms in total. The van der Waals surface area contributed by atoms with Gasteiger partial charge in [0.1, 0.15) is 0 Å². The van der Waals surface area contributed by atoms with Crippen LogP contribution < -0.4 is 0 Å². The van der Waals surface area contributed by atoms with E-state index in [2.05, 4.69) is 10.2 Å². The lowest BCUT2D eigenvalue weighted by Gasteiger charge is -2.16. The zero-order valence-electron chi connectivity index (χ0n) is 13.1. The second-order valence-corrected chi connectivity index (χ2v) is 5.25. The molecule has 0 bridgehead atoms. The number of carbonyl (C=O) groups is 4. The Kier molecular flexibility index (Phi) is 7.49. The highest BCUT2D eigenvalue weighted by Crippen LogP contribution is 2.07. The van der Waals surface area contributed by atoms with Gasteiger partial charge in [-0.15, -0.1) is 0 Å². The Hall–Kier alpha value is -2.99. The Bertz CT molecular complexity index is 559. The molecule has 1 aromatic rings. The summed E-state index contributed by atoms with van der Waals surface area (Å²) in [6.45, 7) is -2.01. The summed E-state index contributed by atoms with van der Waals surface area (Å²) in [5.41, 5.74) is 0.770. The lowest BCUT2D eigenvalue weighted by molar-refractivity contribution is -0.144. The number of hydrogen-bond donors (Lipinski definition) is 5. The first-order valence-corrected chi connectivity index (χ1v) is 7.00. The van der Waals surface area contributed by atoms with Crippen LogP contribution in [0.4, 0.5) is 0 Å². The van der Waals surface area contributed by atoms with Crippen LogP contribution in [0.15, 0.2) is 6.07 Å². The Morgan fingerprint density at radius 3 is 1.60 bits per heavy atom. The lowest BCUT2D eigenvalue weighted by Crippen LogP contribution is -2.34. The van der Waals surface area contributed by atoms with Crippen LogP contribution in [0.1, 0.15) is 11.4 Å². The number of rotatable bonds is 12. The molecule has 0 aliphatic heterocycles. The molecule has 0 amide bonds. The van der Waals surface area contributed by atoms with Crippen LogP contribution in [0.2, 0.25) is 0 Å². The van der Waals surface area contributed by atoms with Gasteiger partial charge in [0.15, 0.2) is 0 Å². The van der Waals surface area contributed by atoms with Crippen LogP contribution in [-0.2, 0) is 32.3 Å². The molecular formula is C13H18N4O8. The first kappa shape index (κ1) is 20.1. The van der Waals surface area contributed by atoms with Gasteiger partial charge in [-0.1, -0.05) is 0 Å². The van der Waals surface area contributed by atoms with E-state index in [4.69, 9.17) is 20.4 Å². The first-order chi connectivity index (χ1) is 11.7. The average molecular weight is 358 g/mol. The van der Waals surface area contributed by atoms with Crippen molar-refractivity contribution < 1.29 is 39.6 Å². The summed E-state index contributed by atoms with van der Waals surface area (Å²) in [4.78, 5) is 45.3. The number of aliphatic carboxylic acids is 4. The maximum absolute atomic E-state index is 10.8. The predicted molar refractivity (Wildman–Crippen MR) is 79.7 cm³/mol. The van der Waals surface area contributed by atoms with Gasteiger partial charge < -0.3 is 20.4 Å². The molecule has 0 fully saturated rings. The third kappa shape index (κ3) is 8.43. The molecule has 0 saturated carbocycles. The fourth-order valence-electron chi connectivity index (χ4n) is 2.14. The average Bonchev–Trinajstić information content (AvgIpc) is 2.82. The minimum atomic E-state index is -1.19. The Labute approximate surface area is 141 Å².